The Bertz CT molecular complexity index is 2080. The van der Waals surface area contributed by atoms with Gasteiger partial charge in [0, 0.05) is 0 Å². The fourth-order valence-corrected chi connectivity index (χ4v) is 5.45. The molecule has 0 saturated carbocycles. The van der Waals surface area contributed by atoms with Crippen LogP contribution in [0, 0.1) is 0 Å². The van der Waals surface area contributed by atoms with Crippen LogP contribution < -0.4 is 0 Å². The second kappa shape index (κ2) is 8.52. The monoisotopic (exact) mass is 460 g/mol. The minimum Gasteiger partial charge on any atom is -0.0622 e. The topological polar surface area (TPSA) is 0 Å². The summed E-state index contributed by atoms with van der Waals surface area (Å²) >= 11 is 0. The summed E-state index contributed by atoms with van der Waals surface area (Å²) in [5.41, 5.74) is 5.77. The summed E-state index contributed by atoms with van der Waals surface area (Å²) in [4.78, 5) is 0. The summed E-state index contributed by atoms with van der Waals surface area (Å²) in [6, 6.07) is 40.4. The van der Waals surface area contributed by atoms with E-state index < -0.39 is 0 Å². The number of rotatable bonds is 3. The summed E-state index contributed by atoms with van der Waals surface area (Å²) in [5, 5.41) is 5.13. The quantitative estimate of drug-likeness (QED) is 0.230. The van der Waals surface area contributed by atoms with Crippen LogP contribution in [0.1, 0.15) is 5.48 Å². The molecule has 0 heteroatoms. The van der Waals surface area contributed by atoms with E-state index in [1.54, 1.807) is 0 Å². The lowest BCUT2D eigenvalue weighted by Crippen LogP contribution is -1.92. The molecule has 0 saturated heterocycles. The molecular formula is C36H24. The predicted molar refractivity (Wildman–Crippen MR) is 155 cm³/mol. The van der Waals surface area contributed by atoms with Gasteiger partial charge in [0.25, 0.3) is 0 Å². The Morgan fingerprint density at radius 3 is 1.42 bits per heavy atom. The van der Waals surface area contributed by atoms with Gasteiger partial charge in [-0.25, -0.2) is 0 Å². The van der Waals surface area contributed by atoms with Crippen molar-refractivity contribution in [3.63, 3.8) is 0 Å². The largest absolute Gasteiger partial charge is 0.0629 e. The van der Waals surface area contributed by atoms with Crippen molar-refractivity contribution in [3.8, 4) is 33.4 Å². The van der Waals surface area contributed by atoms with Gasteiger partial charge in [0.1, 0.15) is 0 Å². The van der Waals surface area contributed by atoms with Crippen LogP contribution in [0.5, 0.6) is 0 Å². The fourth-order valence-electron chi connectivity index (χ4n) is 5.45. The van der Waals surface area contributed by atoms with E-state index >= 15 is 0 Å². The Balaban J connectivity index is 1.71. The van der Waals surface area contributed by atoms with E-state index in [1.807, 2.05) is 72.8 Å². The van der Waals surface area contributed by atoms with Gasteiger partial charge in [-0.2, -0.15) is 0 Å². The zero-order chi connectivity index (χ0) is 27.4. The highest BCUT2D eigenvalue weighted by atomic mass is 14.2. The van der Waals surface area contributed by atoms with Gasteiger partial charge in [-0.15, -0.1) is 0 Å². The normalized spacial score (nSPS) is 12.9. The molecule has 0 aliphatic rings. The molecule has 0 bridgehead atoms. The fraction of sp³-hybridized carbons (Fsp3) is 0. The SMILES string of the molecule is [2H]c1c([2H])c([2H])c2c(-c3ccc(-c4ccccc4)c4ccccc34)c3ccccc3c(-c3ccccc3)c2c1[2H]. The van der Waals surface area contributed by atoms with Gasteiger partial charge in [-0.05, 0) is 65.7 Å². The lowest BCUT2D eigenvalue weighted by atomic mass is 9.84. The Morgan fingerprint density at radius 2 is 0.778 bits per heavy atom. The lowest BCUT2D eigenvalue weighted by molar-refractivity contribution is 1.64. The molecule has 0 fully saturated rings. The minimum atomic E-state index is -0.224. The highest BCUT2D eigenvalue weighted by Crippen LogP contribution is 2.46. The molecule has 7 aromatic carbocycles. The molecule has 0 atom stereocenters. The Hall–Kier alpha value is -4.68. The third-order valence-electron chi connectivity index (χ3n) is 6.99. The van der Waals surface area contributed by atoms with Crippen molar-refractivity contribution < 1.29 is 5.48 Å². The Kier molecular flexibility index (Phi) is 3.99. The molecule has 7 aromatic rings. The van der Waals surface area contributed by atoms with E-state index in [9.17, 15) is 0 Å². The summed E-state index contributed by atoms with van der Waals surface area (Å²) in [7, 11) is 0. The van der Waals surface area contributed by atoms with Gasteiger partial charge >= 0.3 is 0 Å². The second-order valence-corrected chi connectivity index (χ2v) is 8.98. The smallest absolute Gasteiger partial charge is 0.0622 e. The maximum absolute atomic E-state index is 9.14. The van der Waals surface area contributed by atoms with Crippen molar-refractivity contribution in [2.24, 2.45) is 0 Å². The Morgan fingerprint density at radius 1 is 0.333 bits per heavy atom. The van der Waals surface area contributed by atoms with Gasteiger partial charge in [-0.3, -0.25) is 0 Å². The predicted octanol–water partition coefficient (Wildman–Crippen LogP) is 10.1. The first kappa shape index (κ1) is 16.9. The third-order valence-corrected chi connectivity index (χ3v) is 6.99. The first-order valence-corrected chi connectivity index (χ1v) is 12.1. The van der Waals surface area contributed by atoms with Crippen LogP contribution in [0.3, 0.4) is 0 Å². The van der Waals surface area contributed by atoms with Crippen molar-refractivity contribution in [2.75, 3.05) is 0 Å². The van der Waals surface area contributed by atoms with E-state index in [2.05, 4.69) is 48.5 Å². The molecular weight excluding hydrogens is 432 g/mol. The summed E-state index contributed by atoms with van der Waals surface area (Å²) in [6.07, 6.45) is 0. The van der Waals surface area contributed by atoms with E-state index in [4.69, 9.17) is 5.48 Å². The van der Waals surface area contributed by atoms with Gasteiger partial charge in [0.2, 0.25) is 0 Å². The van der Waals surface area contributed by atoms with Crippen LogP contribution >= 0.6 is 0 Å². The van der Waals surface area contributed by atoms with Crippen LogP contribution in [0.25, 0.3) is 65.7 Å². The van der Waals surface area contributed by atoms with Gasteiger partial charge in [0.05, 0.1) is 5.48 Å². The molecule has 36 heavy (non-hydrogen) atoms. The van der Waals surface area contributed by atoms with Crippen molar-refractivity contribution in [3.05, 3.63) is 145 Å². The molecule has 0 aromatic heterocycles. The molecule has 0 aliphatic heterocycles. The number of hydrogen-bond donors (Lipinski definition) is 0. The van der Waals surface area contributed by atoms with Crippen LogP contribution in [-0.4, -0.2) is 0 Å². The maximum Gasteiger partial charge on any atom is 0.0629 e. The van der Waals surface area contributed by atoms with Crippen molar-refractivity contribution >= 4 is 32.3 Å². The number of benzene rings is 7. The highest BCUT2D eigenvalue weighted by molar-refractivity contribution is 6.24. The van der Waals surface area contributed by atoms with Crippen LogP contribution in [0.4, 0.5) is 0 Å². The van der Waals surface area contributed by atoms with E-state index in [0.717, 1.165) is 54.9 Å². The summed E-state index contributed by atoms with van der Waals surface area (Å²) in [6.45, 7) is 0. The molecule has 0 unspecified atom stereocenters. The first-order valence-electron chi connectivity index (χ1n) is 14.1. The van der Waals surface area contributed by atoms with E-state index in [0.29, 0.717) is 10.8 Å². The first-order chi connectivity index (χ1) is 19.6. The molecule has 0 amide bonds. The molecule has 0 heterocycles. The Labute approximate surface area is 216 Å². The average molecular weight is 461 g/mol. The highest BCUT2D eigenvalue weighted by Gasteiger charge is 2.18. The van der Waals surface area contributed by atoms with Crippen molar-refractivity contribution in [2.45, 2.75) is 0 Å². The minimum absolute atomic E-state index is 0.0212. The molecule has 7 rings (SSSR count). The van der Waals surface area contributed by atoms with Crippen LogP contribution in [0.2, 0.25) is 0 Å². The molecule has 168 valence electrons. The van der Waals surface area contributed by atoms with Crippen LogP contribution in [-0.2, 0) is 0 Å². The lowest BCUT2D eigenvalue weighted by Gasteiger charge is -2.19. The average Bonchev–Trinajstić information content (AvgIpc) is 3.02. The zero-order valence-electron chi connectivity index (χ0n) is 23.5. The van der Waals surface area contributed by atoms with Crippen molar-refractivity contribution in [1.29, 1.82) is 0 Å². The molecule has 0 aliphatic carbocycles. The third kappa shape index (κ3) is 3.23. The summed E-state index contributed by atoms with van der Waals surface area (Å²) < 4.78 is 35.4. The number of hydrogen-bond acceptors (Lipinski definition) is 0. The van der Waals surface area contributed by atoms with Gasteiger partial charge in [0.15, 0.2) is 0 Å². The molecule has 0 spiro atoms. The van der Waals surface area contributed by atoms with E-state index in [1.165, 1.54) is 0 Å². The van der Waals surface area contributed by atoms with Gasteiger partial charge < -0.3 is 0 Å². The maximum atomic E-state index is 9.14. The molecule has 0 nitrogen and oxygen atoms in total. The second-order valence-electron chi connectivity index (χ2n) is 8.98. The molecule has 0 N–H and O–H groups in total. The van der Waals surface area contributed by atoms with Crippen LogP contribution in [0.15, 0.2) is 145 Å². The van der Waals surface area contributed by atoms with Gasteiger partial charge in [-0.1, -0.05) is 145 Å². The van der Waals surface area contributed by atoms with E-state index in [-0.39, 0.29) is 24.2 Å². The number of fused-ring (bicyclic) bond motifs is 3. The van der Waals surface area contributed by atoms with Crippen molar-refractivity contribution in [1.82, 2.24) is 0 Å². The molecule has 0 radical (unpaired) electrons. The zero-order valence-corrected chi connectivity index (χ0v) is 19.5. The summed E-state index contributed by atoms with van der Waals surface area (Å²) in [5.74, 6) is 0. The standard InChI is InChI=1S/C36H24/c1-3-13-25(14-4-1)27-23-24-34(29-18-8-7-17-28(27)29)36-32-21-11-9-19-30(32)35(26-15-5-2-6-16-26)31-20-10-12-22-33(31)36/h1-24H/i9D,11D,19D,21D.